The SMILES string of the molecule is O=C(O)c1ccnc(N2C3CCC2CC(OCc2c(-c4ccccc4C(F)(F)F)noc2C2CC2)C3)c1. The monoisotopic (exact) mass is 513 g/mol. The number of pyridine rings is 1. The number of rotatable bonds is 7. The van der Waals surface area contributed by atoms with E-state index >= 15 is 0 Å². The molecule has 3 aliphatic rings. The predicted octanol–water partition coefficient (Wildman–Crippen LogP) is 6.05. The van der Waals surface area contributed by atoms with Gasteiger partial charge < -0.3 is 19.3 Å². The van der Waals surface area contributed by atoms with Gasteiger partial charge in [0.25, 0.3) is 0 Å². The van der Waals surface area contributed by atoms with Crippen LogP contribution in [-0.2, 0) is 17.5 Å². The van der Waals surface area contributed by atoms with Gasteiger partial charge in [-0.25, -0.2) is 9.78 Å². The number of carboxylic acids is 1. The molecule has 7 nitrogen and oxygen atoms in total. The molecule has 3 fully saturated rings. The average molecular weight is 514 g/mol. The van der Waals surface area contributed by atoms with Crippen LogP contribution in [0, 0.1) is 0 Å². The van der Waals surface area contributed by atoms with Gasteiger partial charge in [-0.1, -0.05) is 23.4 Å². The molecule has 4 heterocycles. The maximum atomic E-state index is 13.7. The molecule has 2 saturated heterocycles. The Kier molecular flexibility index (Phi) is 5.94. The van der Waals surface area contributed by atoms with Gasteiger partial charge in [-0.3, -0.25) is 0 Å². The number of carboxylic acid groups (broad SMARTS) is 1. The van der Waals surface area contributed by atoms with Crippen molar-refractivity contribution in [3.63, 3.8) is 0 Å². The van der Waals surface area contributed by atoms with E-state index < -0.39 is 17.7 Å². The van der Waals surface area contributed by atoms with Crippen molar-refractivity contribution in [1.29, 1.82) is 0 Å². The first kappa shape index (κ1) is 24.0. The Morgan fingerprint density at radius 2 is 1.84 bits per heavy atom. The molecule has 2 aromatic heterocycles. The van der Waals surface area contributed by atoms with Crippen molar-refractivity contribution in [2.24, 2.45) is 0 Å². The van der Waals surface area contributed by atoms with Gasteiger partial charge in [0.15, 0.2) is 0 Å². The number of fused-ring (bicyclic) bond motifs is 2. The highest BCUT2D eigenvalue weighted by Gasteiger charge is 2.43. The zero-order valence-corrected chi connectivity index (χ0v) is 19.9. The van der Waals surface area contributed by atoms with E-state index in [-0.39, 0.29) is 47.5 Å². The lowest BCUT2D eigenvalue weighted by Crippen LogP contribution is -2.46. The maximum Gasteiger partial charge on any atom is 0.417 e. The van der Waals surface area contributed by atoms with Crippen LogP contribution in [0.5, 0.6) is 0 Å². The summed E-state index contributed by atoms with van der Waals surface area (Å²) in [5.41, 5.74) is 0.266. The molecule has 2 atom stereocenters. The summed E-state index contributed by atoms with van der Waals surface area (Å²) >= 11 is 0. The Morgan fingerprint density at radius 1 is 1.11 bits per heavy atom. The fourth-order valence-electron chi connectivity index (χ4n) is 5.81. The second-order valence-electron chi connectivity index (χ2n) is 10.1. The summed E-state index contributed by atoms with van der Waals surface area (Å²) in [6.45, 7) is 0.133. The highest BCUT2D eigenvalue weighted by molar-refractivity contribution is 5.88. The standard InChI is InChI=1S/C27H26F3N3O4/c28-27(29,30)22-4-2-1-3-20(22)24-21(25(37-32-24)15-5-6-15)14-36-19-12-17-7-8-18(13-19)33(17)23-11-16(26(34)35)9-10-31-23/h1-4,9-11,15,17-19H,5-8,12-14H2,(H,34,35). The number of hydrogen-bond donors (Lipinski definition) is 1. The highest BCUT2D eigenvalue weighted by atomic mass is 19.4. The van der Waals surface area contributed by atoms with Gasteiger partial charge in [0.05, 0.1) is 23.8 Å². The molecule has 0 amide bonds. The van der Waals surface area contributed by atoms with Crippen molar-refractivity contribution in [1.82, 2.24) is 10.1 Å². The number of alkyl halides is 3. The van der Waals surface area contributed by atoms with E-state index in [2.05, 4.69) is 15.0 Å². The molecule has 1 N–H and O–H groups in total. The number of aromatic nitrogens is 2. The zero-order chi connectivity index (χ0) is 25.7. The lowest BCUT2D eigenvalue weighted by molar-refractivity contribution is -0.137. The quantitative estimate of drug-likeness (QED) is 0.412. The number of nitrogens with zero attached hydrogens (tertiary/aromatic N) is 3. The third-order valence-corrected chi connectivity index (χ3v) is 7.66. The molecule has 2 aliphatic heterocycles. The number of hydrogen-bond acceptors (Lipinski definition) is 6. The first-order valence-electron chi connectivity index (χ1n) is 12.5. The van der Waals surface area contributed by atoms with Crippen LogP contribution in [0.15, 0.2) is 47.1 Å². The van der Waals surface area contributed by atoms with Crippen molar-refractivity contribution in [2.45, 2.75) is 75.4 Å². The van der Waals surface area contributed by atoms with Crippen LogP contribution in [0.25, 0.3) is 11.3 Å². The van der Waals surface area contributed by atoms with Crippen LogP contribution < -0.4 is 4.90 Å². The maximum absolute atomic E-state index is 13.7. The van der Waals surface area contributed by atoms with E-state index in [1.807, 2.05) is 0 Å². The molecule has 0 radical (unpaired) electrons. The molecule has 6 rings (SSSR count). The van der Waals surface area contributed by atoms with E-state index in [1.165, 1.54) is 24.4 Å². The molecule has 1 saturated carbocycles. The third kappa shape index (κ3) is 4.58. The zero-order valence-electron chi connectivity index (χ0n) is 19.9. The number of halogens is 3. The summed E-state index contributed by atoms with van der Waals surface area (Å²) in [7, 11) is 0. The number of benzene rings is 1. The summed E-state index contributed by atoms with van der Waals surface area (Å²) < 4.78 is 53.1. The van der Waals surface area contributed by atoms with Crippen LogP contribution in [0.1, 0.15) is 71.7 Å². The summed E-state index contributed by atoms with van der Waals surface area (Å²) in [6, 6.07) is 8.85. The average Bonchev–Trinajstić information content (AvgIpc) is 3.58. The minimum Gasteiger partial charge on any atom is -0.478 e. The van der Waals surface area contributed by atoms with Crippen LogP contribution in [0.3, 0.4) is 0 Å². The fraction of sp³-hybridized carbons (Fsp3) is 0.444. The number of ether oxygens (including phenoxy) is 1. The number of carbonyl (C=O) groups is 1. The fourth-order valence-corrected chi connectivity index (χ4v) is 5.81. The van der Waals surface area contributed by atoms with Gasteiger partial charge in [-0.15, -0.1) is 0 Å². The lowest BCUT2D eigenvalue weighted by atomic mass is 9.98. The minimum atomic E-state index is -4.51. The molecule has 10 heteroatoms. The summed E-state index contributed by atoms with van der Waals surface area (Å²) in [4.78, 5) is 18.0. The topological polar surface area (TPSA) is 88.7 Å². The number of aromatic carboxylic acids is 1. The Labute approximate surface area is 211 Å². The van der Waals surface area contributed by atoms with Crippen LogP contribution in [0.2, 0.25) is 0 Å². The van der Waals surface area contributed by atoms with Crippen molar-refractivity contribution < 1.29 is 32.3 Å². The van der Waals surface area contributed by atoms with Crippen LogP contribution >= 0.6 is 0 Å². The second-order valence-corrected chi connectivity index (χ2v) is 10.1. The van der Waals surface area contributed by atoms with E-state index in [1.54, 1.807) is 12.1 Å². The predicted molar refractivity (Wildman–Crippen MR) is 127 cm³/mol. The van der Waals surface area contributed by atoms with E-state index in [0.717, 1.165) is 44.6 Å². The Balaban J connectivity index is 1.22. The smallest absolute Gasteiger partial charge is 0.417 e. The first-order valence-corrected chi connectivity index (χ1v) is 12.5. The largest absolute Gasteiger partial charge is 0.478 e. The van der Waals surface area contributed by atoms with E-state index in [4.69, 9.17) is 9.26 Å². The van der Waals surface area contributed by atoms with Gasteiger partial charge in [0, 0.05) is 35.3 Å². The number of anilines is 1. The summed E-state index contributed by atoms with van der Waals surface area (Å²) in [6.07, 6.45) is 2.15. The molecule has 1 aromatic carbocycles. The molecule has 37 heavy (non-hydrogen) atoms. The Morgan fingerprint density at radius 3 is 2.51 bits per heavy atom. The lowest BCUT2D eigenvalue weighted by Gasteiger charge is -2.39. The van der Waals surface area contributed by atoms with Crippen LogP contribution in [-0.4, -0.2) is 39.4 Å². The van der Waals surface area contributed by atoms with Crippen molar-refractivity contribution in [2.75, 3.05) is 4.90 Å². The molecule has 2 bridgehead atoms. The van der Waals surface area contributed by atoms with Crippen molar-refractivity contribution in [3.8, 4) is 11.3 Å². The van der Waals surface area contributed by atoms with Gasteiger partial charge >= 0.3 is 12.1 Å². The van der Waals surface area contributed by atoms with Crippen molar-refractivity contribution in [3.05, 3.63) is 65.0 Å². The van der Waals surface area contributed by atoms with E-state index in [9.17, 15) is 23.1 Å². The molecule has 2 unspecified atom stereocenters. The Bertz CT molecular complexity index is 1310. The molecule has 1 aliphatic carbocycles. The van der Waals surface area contributed by atoms with Crippen molar-refractivity contribution >= 4 is 11.8 Å². The molecule has 0 spiro atoms. The van der Waals surface area contributed by atoms with Gasteiger partial charge in [-0.2, -0.15) is 13.2 Å². The third-order valence-electron chi connectivity index (χ3n) is 7.66. The van der Waals surface area contributed by atoms with Crippen LogP contribution in [0.4, 0.5) is 19.0 Å². The Hall–Kier alpha value is -3.40. The first-order chi connectivity index (χ1) is 17.8. The molecular weight excluding hydrogens is 487 g/mol. The van der Waals surface area contributed by atoms with E-state index in [0.29, 0.717) is 17.1 Å². The minimum absolute atomic E-state index is 0.00326. The molecule has 3 aromatic rings. The highest BCUT2D eigenvalue weighted by Crippen LogP contribution is 2.46. The van der Waals surface area contributed by atoms with Gasteiger partial charge in [0.1, 0.15) is 17.3 Å². The normalized spacial score (nSPS) is 23.4. The van der Waals surface area contributed by atoms with Gasteiger partial charge in [-0.05, 0) is 56.7 Å². The summed E-state index contributed by atoms with van der Waals surface area (Å²) in [5, 5.41) is 13.4. The number of piperidine rings is 1. The molecule has 194 valence electrons. The molecular formula is C27H26F3N3O4. The van der Waals surface area contributed by atoms with Gasteiger partial charge in [0.2, 0.25) is 0 Å². The second kappa shape index (κ2) is 9.16. The summed E-state index contributed by atoms with van der Waals surface area (Å²) in [5.74, 6) is 0.467.